The normalized spacial score (nSPS) is 11.7. The minimum Gasteiger partial charge on any atom is -0.354 e. The van der Waals surface area contributed by atoms with Crippen LogP contribution in [0.2, 0.25) is 0 Å². The predicted octanol–water partition coefficient (Wildman–Crippen LogP) is 2.79. The van der Waals surface area contributed by atoms with Crippen LogP contribution in [0.1, 0.15) is 17.2 Å². The standard InChI is InChI=1S/C18H18N4O/c1-12-20-21-13(2)22(12)17(18(23)19-3)11-15-9-6-8-14-7-4-5-10-16(14)15/h4-11H,1-3H3,(H,19,23)/b17-11-. The Kier molecular flexibility index (Phi) is 3.93. The number of hydrogen-bond donors (Lipinski definition) is 1. The van der Waals surface area contributed by atoms with Crippen molar-refractivity contribution in [1.29, 1.82) is 0 Å². The summed E-state index contributed by atoms with van der Waals surface area (Å²) < 4.78 is 1.76. The minimum atomic E-state index is -0.177. The molecule has 1 N–H and O–H groups in total. The number of nitrogens with one attached hydrogen (secondary N) is 1. The van der Waals surface area contributed by atoms with Crippen molar-refractivity contribution >= 4 is 28.5 Å². The summed E-state index contributed by atoms with van der Waals surface area (Å²) >= 11 is 0. The third-order valence-corrected chi connectivity index (χ3v) is 3.80. The molecule has 0 atom stereocenters. The Morgan fingerprint density at radius 2 is 1.70 bits per heavy atom. The summed E-state index contributed by atoms with van der Waals surface area (Å²) in [6.45, 7) is 3.67. The van der Waals surface area contributed by atoms with Crippen LogP contribution in [0, 0.1) is 13.8 Å². The Labute approximate surface area is 134 Å². The van der Waals surface area contributed by atoms with E-state index >= 15 is 0 Å². The number of fused-ring (bicyclic) bond motifs is 1. The maximum absolute atomic E-state index is 12.4. The van der Waals surface area contributed by atoms with Crippen LogP contribution in [-0.4, -0.2) is 27.7 Å². The van der Waals surface area contributed by atoms with Gasteiger partial charge in [0.1, 0.15) is 17.3 Å². The molecule has 0 spiro atoms. The van der Waals surface area contributed by atoms with Crippen LogP contribution in [0.4, 0.5) is 0 Å². The van der Waals surface area contributed by atoms with Gasteiger partial charge in [0.05, 0.1) is 0 Å². The third kappa shape index (κ3) is 2.73. The molecule has 2 aromatic carbocycles. The molecule has 0 saturated heterocycles. The Bertz CT molecular complexity index is 884. The number of carbonyl (C=O) groups is 1. The van der Waals surface area contributed by atoms with E-state index < -0.39 is 0 Å². The summed E-state index contributed by atoms with van der Waals surface area (Å²) in [5, 5.41) is 13.0. The Hall–Kier alpha value is -2.95. The first-order valence-electron chi connectivity index (χ1n) is 7.42. The van der Waals surface area contributed by atoms with E-state index in [2.05, 4.69) is 33.7 Å². The molecule has 0 fully saturated rings. The summed E-state index contributed by atoms with van der Waals surface area (Å²) in [5.41, 5.74) is 1.48. The molecule has 23 heavy (non-hydrogen) atoms. The van der Waals surface area contributed by atoms with Gasteiger partial charge in [-0.3, -0.25) is 9.36 Å². The first-order chi connectivity index (χ1) is 11.1. The molecule has 0 bridgehead atoms. The monoisotopic (exact) mass is 306 g/mol. The first-order valence-corrected chi connectivity index (χ1v) is 7.42. The lowest BCUT2D eigenvalue weighted by Crippen LogP contribution is -2.23. The average Bonchev–Trinajstić information content (AvgIpc) is 2.91. The second-order valence-corrected chi connectivity index (χ2v) is 5.31. The molecule has 116 valence electrons. The summed E-state index contributed by atoms with van der Waals surface area (Å²) in [5.74, 6) is 1.18. The van der Waals surface area contributed by atoms with Crippen LogP contribution >= 0.6 is 0 Å². The summed E-state index contributed by atoms with van der Waals surface area (Å²) in [6.07, 6.45) is 1.88. The quantitative estimate of drug-likeness (QED) is 0.757. The van der Waals surface area contributed by atoms with E-state index in [-0.39, 0.29) is 5.91 Å². The lowest BCUT2D eigenvalue weighted by molar-refractivity contribution is -0.115. The fourth-order valence-corrected chi connectivity index (χ4v) is 2.70. The van der Waals surface area contributed by atoms with Crippen LogP contribution in [0.25, 0.3) is 22.5 Å². The molecule has 1 aromatic heterocycles. The Morgan fingerprint density at radius 1 is 1.04 bits per heavy atom. The predicted molar refractivity (Wildman–Crippen MR) is 91.7 cm³/mol. The molecule has 5 nitrogen and oxygen atoms in total. The molecule has 3 rings (SSSR count). The van der Waals surface area contributed by atoms with Crippen molar-refractivity contribution in [1.82, 2.24) is 20.1 Å². The van der Waals surface area contributed by atoms with Gasteiger partial charge in [-0.1, -0.05) is 42.5 Å². The molecule has 0 aliphatic rings. The number of aromatic nitrogens is 3. The molecule has 0 unspecified atom stereocenters. The number of likely N-dealkylation sites (N-methyl/N-ethyl adjacent to an activating group) is 1. The number of nitrogens with zero attached hydrogens (tertiary/aromatic N) is 3. The van der Waals surface area contributed by atoms with Gasteiger partial charge in [-0.2, -0.15) is 0 Å². The van der Waals surface area contributed by atoms with Crippen LogP contribution in [0.3, 0.4) is 0 Å². The molecule has 1 heterocycles. The maximum Gasteiger partial charge on any atom is 0.268 e. The molecule has 0 saturated carbocycles. The van der Waals surface area contributed by atoms with Crippen molar-refractivity contribution in [2.75, 3.05) is 7.05 Å². The van der Waals surface area contributed by atoms with E-state index in [1.165, 1.54) is 0 Å². The highest BCUT2D eigenvalue weighted by atomic mass is 16.2. The smallest absolute Gasteiger partial charge is 0.268 e. The first kappa shape index (κ1) is 15.0. The van der Waals surface area contributed by atoms with Crippen LogP contribution in [0.15, 0.2) is 42.5 Å². The van der Waals surface area contributed by atoms with E-state index in [1.807, 2.05) is 44.2 Å². The molecular weight excluding hydrogens is 288 g/mol. The van der Waals surface area contributed by atoms with Gasteiger partial charge < -0.3 is 5.32 Å². The second-order valence-electron chi connectivity index (χ2n) is 5.31. The van der Waals surface area contributed by atoms with Crippen molar-refractivity contribution < 1.29 is 4.79 Å². The summed E-state index contributed by atoms with van der Waals surface area (Å²) in [6, 6.07) is 14.2. The van der Waals surface area contributed by atoms with Gasteiger partial charge in [-0.25, -0.2) is 0 Å². The van der Waals surface area contributed by atoms with Gasteiger partial charge in [-0.05, 0) is 36.3 Å². The highest BCUT2D eigenvalue weighted by Crippen LogP contribution is 2.23. The van der Waals surface area contributed by atoms with E-state index in [1.54, 1.807) is 11.6 Å². The zero-order valence-corrected chi connectivity index (χ0v) is 13.4. The molecule has 0 radical (unpaired) electrons. The SMILES string of the molecule is CNC(=O)/C(=C/c1cccc2ccccc12)n1c(C)nnc1C. The summed E-state index contributed by atoms with van der Waals surface area (Å²) in [4.78, 5) is 12.4. The van der Waals surface area contributed by atoms with Crippen molar-refractivity contribution in [3.63, 3.8) is 0 Å². The number of rotatable bonds is 3. The van der Waals surface area contributed by atoms with Crippen molar-refractivity contribution in [3.05, 3.63) is 59.7 Å². The largest absolute Gasteiger partial charge is 0.354 e. The lowest BCUT2D eigenvalue weighted by atomic mass is 10.0. The molecule has 0 aliphatic heterocycles. The van der Waals surface area contributed by atoms with E-state index in [4.69, 9.17) is 0 Å². The molecule has 5 heteroatoms. The number of benzene rings is 2. The van der Waals surface area contributed by atoms with Crippen LogP contribution < -0.4 is 5.32 Å². The van der Waals surface area contributed by atoms with E-state index in [9.17, 15) is 4.79 Å². The number of amides is 1. The maximum atomic E-state index is 12.4. The molecule has 0 aliphatic carbocycles. The zero-order chi connectivity index (χ0) is 16.4. The summed E-state index contributed by atoms with van der Waals surface area (Å²) in [7, 11) is 1.62. The number of hydrogen-bond acceptors (Lipinski definition) is 3. The molecular formula is C18H18N4O. The van der Waals surface area contributed by atoms with Crippen LogP contribution in [0.5, 0.6) is 0 Å². The molecule has 3 aromatic rings. The Morgan fingerprint density at radius 3 is 2.39 bits per heavy atom. The van der Waals surface area contributed by atoms with Crippen LogP contribution in [-0.2, 0) is 4.79 Å². The van der Waals surface area contributed by atoms with E-state index in [0.717, 1.165) is 16.3 Å². The number of aryl methyl sites for hydroxylation is 2. The van der Waals surface area contributed by atoms with Gasteiger partial charge in [0.2, 0.25) is 0 Å². The van der Waals surface area contributed by atoms with Gasteiger partial charge >= 0.3 is 0 Å². The topological polar surface area (TPSA) is 59.8 Å². The highest BCUT2D eigenvalue weighted by molar-refractivity contribution is 6.19. The van der Waals surface area contributed by atoms with Gasteiger partial charge in [0.15, 0.2) is 0 Å². The second kappa shape index (κ2) is 6.04. The zero-order valence-electron chi connectivity index (χ0n) is 13.4. The Balaban J connectivity index is 2.24. The van der Waals surface area contributed by atoms with Crippen molar-refractivity contribution in [2.45, 2.75) is 13.8 Å². The van der Waals surface area contributed by atoms with Gasteiger partial charge in [-0.15, -0.1) is 10.2 Å². The minimum absolute atomic E-state index is 0.177. The van der Waals surface area contributed by atoms with E-state index in [0.29, 0.717) is 17.3 Å². The van der Waals surface area contributed by atoms with Crippen molar-refractivity contribution in [3.8, 4) is 0 Å². The van der Waals surface area contributed by atoms with Gasteiger partial charge in [0.25, 0.3) is 5.91 Å². The average molecular weight is 306 g/mol. The number of carbonyl (C=O) groups excluding carboxylic acids is 1. The highest BCUT2D eigenvalue weighted by Gasteiger charge is 2.16. The van der Waals surface area contributed by atoms with Gasteiger partial charge in [0, 0.05) is 7.05 Å². The van der Waals surface area contributed by atoms with Crippen molar-refractivity contribution in [2.24, 2.45) is 0 Å². The molecule has 1 amide bonds. The lowest BCUT2D eigenvalue weighted by Gasteiger charge is -2.11. The fourth-order valence-electron chi connectivity index (χ4n) is 2.70. The third-order valence-electron chi connectivity index (χ3n) is 3.80. The fraction of sp³-hybridized carbons (Fsp3) is 0.167.